The third kappa shape index (κ3) is 4.38. The van der Waals surface area contributed by atoms with Crippen molar-refractivity contribution in [3.05, 3.63) is 94.5 Å². The Bertz CT molecular complexity index is 1310. The zero-order chi connectivity index (χ0) is 24.4. The maximum absolute atomic E-state index is 13.2. The molecule has 4 rings (SSSR count). The van der Waals surface area contributed by atoms with Crippen LogP contribution < -0.4 is 14.4 Å². The number of halogens is 1. The summed E-state index contributed by atoms with van der Waals surface area (Å²) >= 11 is 6.08. The van der Waals surface area contributed by atoms with Gasteiger partial charge in [0.1, 0.15) is 17.3 Å². The smallest absolute Gasteiger partial charge is 0.308 e. The highest BCUT2D eigenvalue weighted by molar-refractivity contribution is 6.51. The molecular weight excluding hydrogens is 458 g/mol. The SMILES string of the molecule is COc1ccc(N2C(=O)C(=O)/C(=C(\O)c3cccc(Cl)c3)C2c2cccc(OC(C)=O)c2)cc1. The standard InChI is InChI=1S/C26H20ClNO6/c1-15(29)34-21-8-4-5-16(14-21)23-22(24(30)17-6-3-7-18(27)13-17)25(31)26(32)28(23)19-9-11-20(33-2)12-10-19/h3-14,23,30H,1-2H3/b24-22-. The number of rotatable bonds is 5. The summed E-state index contributed by atoms with van der Waals surface area (Å²) in [5, 5.41) is 11.5. The van der Waals surface area contributed by atoms with E-state index in [1.165, 1.54) is 25.0 Å². The van der Waals surface area contributed by atoms with Gasteiger partial charge in [0, 0.05) is 23.2 Å². The van der Waals surface area contributed by atoms with Gasteiger partial charge in [-0.25, -0.2) is 0 Å². The van der Waals surface area contributed by atoms with Crippen LogP contribution in [-0.2, 0) is 14.4 Å². The Morgan fingerprint density at radius 3 is 2.32 bits per heavy atom. The summed E-state index contributed by atoms with van der Waals surface area (Å²) < 4.78 is 10.4. The molecule has 1 saturated heterocycles. The van der Waals surface area contributed by atoms with Crippen molar-refractivity contribution in [1.82, 2.24) is 0 Å². The molecule has 0 saturated carbocycles. The molecule has 0 aliphatic carbocycles. The minimum atomic E-state index is -0.983. The van der Waals surface area contributed by atoms with Gasteiger partial charge in [-0.15, -0.1) is 0 Å². The number of ketones is 1. The van der Waals surface area contributed by atoms with Gasteiger partial charge in [-0.1, -0.05) is 35.9 Å². The van der Waals surface area contributed by atoms with Crippen LogP contribution in [0.4, 0.5) is 5.69 Å². The van der Waals surface area contributed by atoms with Gasteiger partial charge in [-0.2, -0.15) is 0 Å². The van der Waals surface area contributed by atoms with Crippen molar-refractivity contribution in [2.45, 2.75) is 13.0 Å². The minimum Gasteiger partial charge on any atom is -0.507 e. The van der Waals surface area contributed by atoms with Gasteiger partial charge >= 0.3 is 5.97 Å². The van der Waals surface area contributed by atoms with Crippen molar-refractivity contribution in [2.24, 2.45) is 0 Å². The van der Waals surface area contributed by atoms with E-state index >= 15 is 0 Å². The van der Waals surface area contributed by atoms with Crippen molar-refractivity contribution >= 4 is 40.7 Å². The van der Waals surface area contributed by atoms with E-state index in [0.29, 0.717) is 27.6 Å². The number of amides is 1. The third-order valence-electron chi connectivity index (χ3n) is 5.33. The topological polar surface area (TPSA) is 93.1 Å². The molecule has 1 atom stereocenters. The van der Waals surface area contributed by atoms with Crippen LogP contribution in [-0.4, -0.2) is 29.9 Å². The number of hydrogen-bond donors (Lipinski definition) is 1. The van der Waals surface area contributed by atoms with E-state index in [0.717, 1.165) is 0 Å². The van der Waals surface area contributed by atoms with Crippen molar-refractivity contribution in [2.75, 3.05) is 12.0 Å². The van der Waals surface area contributed by atoms with Crippen LogP contribution in [0.1, 0.15) is 24.1 Å². The van der Waals surface area contributed by atoms with E-state index in [2.05, 4.69) is 0 Å². The number of benzene rings is 3. The van der Waals surface area contributed by atoms with Gasteiger partial charge < -0.3 is 14.6 Å². The van der Waals surface area contributed by atoms with Gasteiger partial charge in [0.15, 0.2) is 0 Å². The molecule has 3 aromatic carbocycles. The Kier molecular flexibility index (Phi) is 6.38. The molecule has 1 aliphatic rings. The Labute approximate surface area is 200 Å². The average molecular weight is 478 g/mol. The number of aliphatic hydroxyl groups excluding tert-OH is 1. The molecule has 34 heavy (non-hydrogen) atoms. The predicted molar refractivity (Wildman–Crippen MR) is 127 cm³/mol. The molecule has 1 aliphatic heterocycles. The lowest BCUT2D eigenvalue weighted by Gasteiger charge is -2.26. The predicted octanol–water partition coefficient (Wildman–Crippen LogP) is 4.90. The van der Waals surface area contributed by atoms with E-state index in [1.54, 1.807) is 66.7 Å². The monoisotopic (exact) mass is 477 g/mol. The van der Waals surface area contributed by atoms with Crippen molar-refractivity contribution in [1.29, 1.82) is 0 Å². The fraction of sp³-hybridized carbons (Fsp3) is 0.115. The first-order valence-electron chi connectivity index (χ1n) is 10.3. The molecule has 172 valence electrons. The van der Waals surface area contributed by atoms with E-state index < -0.39 is 23.7 Å². The summed E-state index contributed by atoms with van der Waals surface area (Å²) in [4.78, 5) is 39.2. The van der Waals surface area contributed by atoms with Gasteiger partial charge in [0.2, 0.25) is 0 Å². The summed E-state index contributed by atoms with van der Waals surface area (Å²) in [6, 6.07) is 18.5. The van der Waals surface area contributed by atoms with E-state index in [4.69, 9.17) is 21.1 Å². The van der Waals surface area contributed by atoms with E-state index in [9.17, 15) is 19.5 Å². The van der Waals surface area contributed by atoms with Gasteiger partial charge in [-0.05, 0) is 54.1 Å². The summed E-state index contributed by atoms with van der Waals surface area (Å²) in [5.41, 5.74) is 1.08. The lowest BCUT2D eigenvalue weighted by molar-refractivity contribution is -0.132. The summed E-state index contributed by atoms with van der Waals surface area (Å²) in [6.07, 6.45) is 0. The summed E-state index contributed by atoms with van der Waals surface area (Å²) in [5.74, 6) is -1.71. The molecule has 0 spiro atoms. The molecule has 3 aromatic rings. The number of carbonyl (C=O) groups is 3. The lowest BCUT2D eigenvalue weighted by Crippen LogP contribution is -2.29. The highest BCUT2D eigenvalue weighted by atomic mass is 35.5. The second-order valence-electron chi connectivity index (χ2n) is 7.54. The molecule has 0 bridgehead atoms. The molecule has 0 radical (unpaired) electrons. The zero-order valence-electron chi connectivity index (χ0n) is 18.3. The van der Waals surface area contributed by atoms with Crippen molar-refractivity contribution in [3.63, 3.8) is 0 Å². The van der Waals surface area contributed by atoms with Crippen LogP contribution >= 0.6 is 11.6 Å². The van der Waals surface area contributed by atoms with Gasteiger partial charge in [-0.3, -0.25) is 19.3 Å². The fourth-order valence-electron chi connectivity index (χ4n) is 3.86. The molecule has 1 N–H and O–H groups in total. The van der Waals surface area contributed by atoms with Crippen LogP contribution in [0.3, 0.4) is 0 Å². The van der Waals surface area contributed by atoms with Crippen LogP contribution in [0.15, 0.2) is 78.4 Å². The highest BCUT2D eigenvalue weighted by Gasteiger charge is 2.47. The molecule has 0 aromatic heterocycles. The number of ether oxygens (including phenoxy) is 2. The largest absolute Gasteiger partial charge is 0.507 e. The molecule has 1 unspecified atom stereocenters. The second kappa shape index (κ2) is 9.41. The average Bonchev–Trinajstić information content (AvgIpc) is 3.09. The zero-order valence-corrected chi connectivity index (χ0v) is 19.1. The quantitative estimate of drug-likeness (QED) is 0.185. The van der Waals surface area contributed by atoms with E-state index in [-0.39, 0.29) is 17.1 Å². The highest BCUT2D eigenvalue weighted by Crippen LogP contribution is 2.43. The normalized spacial score (nSPS) is 17.0. The van der Waals surface area contributed by atoms with Crippen molar-refractivity contribution in [3.8, 4) is 11.5 Å². The van der Waals surface area contributed by atoms with Crippen LogP contribution in [0, 0.1) is 0 Å². The molecular formula is C26H20ClNO6. The first-order chi connectivity index (χ1) is 16.3. The molecule has 1 amide bonds. The Morgan fingerprint density at radius 1 is 0.971 bits per heavy atom. The van der Waals surface area contributed by atoms with Gasteiger partial charge in [0.05, 0.1) is 18.7 Å². The Morgan fingerprint density at radius 2 is 1.68 bits per heavy atom. The Hall–Kier alpha value is -4.10. The molecule has 8 heteroatoms. The summed E-state index contributed by atoms with van der Waals surface area (Å²) in [6.45, 7) is 1.27. The molecule has 1 fully saturated rings. The second-order valence-corrected chi connectivity index (χ2v) is 7.98. The number of carbonyl (C=O) groups excluding carboxylic acids is 3. The van der Waals surface area contributed by atoms with Gasteiger partial charge in [0.25, 0.3) is 11.7 Å². The number of esters is 1. The van der Waals surface area contributed by atoms with Crippen LogP contribution in [0.25, 0.3) is 5.76 Å². The maximum atomic E-state index is 13.2. The number of hydrogen-bond acceptors (Lipinski definition) is 6. The lowest BCUT2D eigenvalue weighted by atomic mass is 9.95. The minimum absolute atomic E-state index is 0.108. The third-order valence-corrected chi connectivity index (χ3v) is 5.56. The number of methoxy groups -OCH3 is 1. The number of nitrogens with zero attached hydrogens (tertiary/aromatic N) is 1. The first-order valence-corrected chi connectivity index (χ1v) is 10.7. The molecule has 1 heterocycles. The number of aliphatic hydroxyl groups is 1. The van der Waals surface area contributed by atoms with Crippen molar-refractivity contribution < 1.29 is 29.0 Å². The number of anilines is 1. The van der Waals surface area contributed by atoms with Crippen LogP contribution in [0.5, 0.6) is 11.5 Å². The Balaban J connectivity index is 1.93. The maximum Gasteiger partial charge on any atom is 0.308 e. The first kappa shape index (κ1) is 23.1. The molecule has 7 nitrogen and oxygen atoms in total. The summed E-state index contributed by atoms with van der Waals surface area (Å²) in [7, 11) is 1.52. The number of Topliss-reactive ketones (excluding diaryl/α,β-unsaturated/α-hetero) is 1. The van der Waals surface area contributed by atoms with Crippen LogP contribution in [0.2, 0.25) is 5.02 Å². The van der Waals surface area contributed by atoms with E-state index in [1.807, 2.05) is 0 Å². The fourth-order valence-corrected chi connectivity index (χ4v) is 4.05.